The van der Waals surface area contributed by atoms with Gasteiger partial charge in [0.1, 0.15) is 22.7 Å². The van der Waals surface area contributed by atoms with E-state index in [-0.39, 0.29) is 23.4 Å². The smallest absolute Gasteiger partial charge is 0.338 e. The topological polar surface area (TPSA) is 76.5 Å². The van der Waals surface area contributed by atoms with Gasteiger partial charge in [0, 0.05) is 23.2 Å². The largest absolute Gasteiger partial charge is 0.485 e. The summed E-state index contributed by atoms with van der Waals surface area (Å²) in [6.07, 6.45) is 3.34. The Morgan fingerprint density at radius 3 is 2.55 bits per heavy atom. The van der Waals surface area contributed by atoms with Gasteiger partial charge in [-0.2, -0.15) is 0 Å². The van der Waals surface area contributed by atoms with E-state index in [9.17, 15) is 14.0 Å². The van der Waals surface area contributed by atoms with Crippen LogP contribution in [-0.2, 0) is 0 Å². The van der Waals surface area contributed by atoms with Crippen molar-refractivity contribution in [3.05, 3.63) is 70.5 Å². The number of carbonyl (C=O) groups excluding carboxylic acids is 1. The zero-order valence-corrected chi connectivity index (χ0v) is 16.4. The molecule has 0 bridgehead atoms. The molecule has 1 aliphatic rings. The number of thiazole rings is 1. The van der Waals surface area contributed by atoms with Gasteiger partial charge >= 0.3 is 5.97 Å². The molecule has 1 atom stereocenters. The molecule has 3 aromatic rings. The highest BCUT2D eigenvalue weighted by atomic mass is 32.1. The highest BCUT2D eigenvalue weighted by Crippen LogP contribution is 2.34. The third-order valence-electron chi connectivity index (χ3n) is 4.77. The number of hydrogen-bond donors (Lipinski definition) is 1. The number of hydrogen-bond acceptors (Lipinski definition) is 5. The van der Waals surface area contributed by atoms with Gasteiger partial charge in [-0.25, -0.2) is 14.2 Å². The summed E-state index contributed by atoms with van der Waals surface area (Å²) in [7, 11) is 0. The number of benzene rings is 2. The predicted octanol–water partition coefficient (Wildman–Crippen LogP) is 5.38. The van der Waals surface area contributed by atoms with E-state index in [0.717, 1.165) is 17.7 Å². The van der Waals surface area contributed by atoms with Crippen LogP contribution in [0.25, 0.3) is 10.6 Å². The molecule has 7 heteroatoms. The van der Waals surface area contributed by atoms with Gasteiger partial charge in [-0.15, -0.1) is 11.3 Å². The summed E-state index contributed by atoms with van der Waals surface area (Å²) < 4.78 is 19.9. The highest BCUT2D eigenvalue weighted by Gasteiger charge is 2.30. The lowest BCUT2D eigenvalue weighted by Gasteiger charge is -2.13. The van der Waals surface area contributed by atoms with Crippen molar-refractivity contribution in [2.45, 2.75) is 25.9 Å². The number of aromatic carboxylic acids is 1. The summed E-state index contributed by atoms with van der Waals surface area (Å²) in [5.41, 5.74) is 0.851. The van der Waals surface area contributed by atoms with E-state index in [4.69, 9.17) is 9.84 Å². The van der Waals surface area contributed by atoms with Crippen LogP contribution in [0.4, 0.5) is 4.39 Å². The van der Waals surface area contributed by atoms with Crippen LogP contribution in [0.5, 0.6) is 5.75 Å². The molecule has 29 heavy (non-hydrogen) atoms. The third-order valence-corrected chi connectivity index (χ3v) is 5.98. The molecule has 148 valence electrons. The van der Waals surface area contributed by atoms with E-state index in [1.54, 1.807) is 30.5 Å². The predicted molar refractivity (Wildman–Crippen MR) is 107 cm³/mol. The van der Waals surface area contributed by atoms with Crippen molar-refractivity contribution < 1.29 is 23.8 Å². The van der Waals surface area contributed by atoms with Gasteiger partial charge in [0.2, 0.25) is 0 Å². The summed E-state index contributed by atoms with van der Waals surface area (Å²) >= 11 is 1.35. The third kappa shape index (κ3) is 4.19. The van der Waals surface area contributed by atoms with Crippen molar-refractivity contribution in [3.63, 3.8) is 0 Å². The standard InChI is InChI=1S/C22H18FNO4S/c1-12(28-16-7-4-14(5-8-16)20(25)13-2-3-13)19-11-24-21(29-19)15-6-9-17(22(26)27)18(23)10-15/h4-13H,2-3H2,1H3,(H,26,27). The second-order valence-corrected chi connectivity index (χ2v) is 8.05. The molecular weight excluding hydrogens is 393 g/mol. The lowest BCUT2D eigenvalue weighted by Crippen LogP contribution is -2.03. The van der Waals surface area contributed by atoms with Gasteiger partial charge in [-0.05, 0) is 56.2 Å². The Hall–Kier alpha value is -3.06. The number of carbonyl (C=O) groups is 2. The monoisotopic (exact) mass is 411 g/mol. The number of aromatic nitrogens is 1. The number of carboxylic acids is 1. The maximum absolute atomic E-state index is 13.9. The van der Waals surface area contributed by atoms with Crippen molar-refractivity contribution >= 4 is 23.1 Å². The van der Waals surface area contributed by atoms with Gasteiger partial charge in [0.05, 0.1) is 10.4 Å². The van der Waals surface area contributed by atoms with Crippen LogP contribution >= 0.6 is 11.3 Å². The minimum atomic E-state index is -1.30. The van der Waals surface area contributed by atoms with Crippen LogP contribution in [0.1, 0.15) is 51.5 Å². The number of ketones is 1. The first-order chi connectivity index (χ1) is 13.9. The minimum Gasteiger partial charge on any atom is -0.485 e. The lowest BCUT2D eigenvalue weighted by molar-refractivity contribution is 0.0691. The Kier molecular flexibility index (Phi) is 5.15. The van der Waals surface area contributed by atoms with Crippen LogP contribution < -0.4 is 4.74 Å². The highest BCUT2D eigenvalue weighted by molar-refractivity contribution is 7.15. The normalized spacial score (nSPS) is 14.4. The van der Waals surface area contributed by atoms with Crippen LogP contribution in [-0.4, -0.2) is 21.8 Å². The van der Waals surface area contributed by atoms with Crippen molar-refractivity contribution in [1.29, 1.82) is 0 Å². The zero-order valence-electron chi connectivity index (χ0n) is 15.6. The number of nitrogens with zero attached hydrogens (tertiary/aromatic N) is 1. The molecule has 0 spiro atoms. The summed E-state index contributed by atoms with van der Waals surface area (Å²) in [6.45, 7) is 1.88. The van der Waals surface area contributed by atoms with E-state index in [1.807, 2.05) is 6.92 Å². The fourth-order valence-electron chi connectivity index (χ4n) is 2.97. The van der Waals surface area contributed by atoms with Gasteiger partial charge in [0.25, 0.3) is 0 Å². The van der Waals surface area contributed by atoms with Gasteiger partial charge in [-0.1, -0.05) is 6.07 Å². The molecule has 1 unspecified atom stereocenters. The van der Waals surface area contributed by atoms with Crippen LogP contribution in [0.3, 0.4) is 0 Å². The van der Waals surface area contributed by atoms with Crippen LogP contribution in [0, 0.1) is 11.7 Å². The zero-order chi connectivity index (χ0) is 20.5. The van der Waals surface area contributed by atoms with E-state index in [1.165, 1.54) is 29.5 Å². The quantitative estimate of drug-likeness (QED) is 0.528. The van der Waals surface area contributed by atoms with E-state index >= 15 is 0 Å². The van der Waals surface area contributed by atoms with Crippen molar-refractivity contribution in [2.24, 2.45) is 5.92 Å². The molecule has 1 saturated carbocycles. The molecule has 5 nitrogen and oxygen atoms in total. The van der Waals surface area contributed by atoms with Crippen molar-refractivity contribution in [1.82, 2.24) is 4.98 Å². The number of carboxylic acid groups (broad SMARTS) is 1. The average Bonchev–Trinajstić information content (AvgIpc) is 3.43. The van der Waals surface area contributed by atoms with Crippen LogP contribution in [0.2, 0.25) is 0 Å². The van der Waals surface area contributed by atoms with E-state index < -0.39 is 11.8 Å². The first-order valence-electron chi connectivity index (χ1n) is 9.22. The molecule has 0 saturated heterocycles. The molecule has 0 amide bonds. The molecule has 0 radical (unpaired) electrons. The Labute approximate surface area is 170 Å². The van der Waals surface area contributed by atoms with Gasteiger partial charge in [-0.3, -0.25) is 4.79 Å². The van der Waals surface area contributed by atoms with Crippen molar-refractivity contribution in [3.8, 4) is 16.3 Å². The Morgan fingerprint density at radius 1 is 1.21 bits per heavy atom. The molecule has 1 N–H and O–H groups in total. The first kappa shape index (κ1) is 19.3. The Bertz CT molecular complexity index is 1070. The Balaban J connectivity index is 1.45. The summed E-state index contributed by atoms with van der Waals surface area (Å²) in [5.74, 6) is -1.07. The summed E-state index contributed by atoms with van der Waals surface area (Å²) in [6, 6.07) is 11.1. The second kappa shape index (κ2) is 7.75. The number of ether oxygens (including phenoxy) is 1. The second-order valence-electron chi connectivity index (χ2n) is 6.99. The fourth-order valence-corrected chi connectivity index (χ4v) is 3.86. The maximum Gasteiger partial charge on any atom is 0.338 e. The summed E-state index contributed by atoms with van der Waals surface area (Å²) in [5, 5.41) is 9.51. The van der Waals surface area contributed by atoms with Gasteiger partial charge in [0.15, 0.2) is 5.78 Å². The molecule has 1 heterocycles. The van der Waals surface area contributed by atoms with E-state index in [0.29, 0.717) is 21.9 Å². The molecule has 1 aromatic heterocycles. The average molecular weight is 411 g/mol. The molecule has 0 aliphatic heterocycles. The summed E-state index contributed by atoms with van der Waals surface area (Å²) in [4.78, 5) is 28.2. The number of rotatable bonds is 7. The SMILES string of the molecule is CC(Oc1ccc(C(=O)C2CC2)cc1)c1cnc(-c2ccc(C(=O)O)c(F)c2)s1. The fraction of sp³-hybridized carbons (Fsp3) is 0.227. The minimum absolute atomic E-state index is 0.186. The van der Waals surface area contributed by atoms with Crippen LogP contribution in [0.15, 0.2) is 48.7 Å². The van der Waals surface area contributed by atoms with Crippen molar-refractivity contribution in [2.75, 3.05) is 0 Å². The van der Waals surface area contributed by atoms with Gasteiger partial charge < -0.3 is 9.84 Å². The molecule has 1 aliphatic carbocycles. The first-order valence-corrected chi connectivity index (χ1v) is 10.0. The molecule has 1 fully saturated rings. The molecule has 4 rings (SSSR count). The van der Waals surface area contributed by atoms with E-state index in [2.05, 4.69) is 4.98 Å². The number of Topliss-reactive ketones (excluding diaryl/α,β-unsaturated/α-hetero) is 1. The molecular formula is C22H18FNO4S. The lowest BCUT2D eigenvalue weighted by atomic mass is 10.1. The maximum atomic E-state index is 13.9. The Morgan fingerprint density at radius 2 is 1.93 bits per heavy atom. The molecule has 2 aromatic carbocycles. The number of halogens is 1.